The number of rotatable bonds is 4. The van der Waals surface area contributed by atoms with Gasteiger partial charge in [-0.3, -0.25) is 0 Å². The summed E-state index contributed by atoms with van der Waals surface area (Å²) in [7, 11) is 0. The molecule has 7 heteroatoms. The molecule has 0 spiro atoms. The van der Waals surface area contributed by atoms with Crippen LogP contribution in [0.4, 0.5) is 22.0 Å². The topological polar surface area (TPSA) is 26.3 Å². The SMILES string of the molecule is CCOC(=O)C(F)(F)C(F)C(F)F. The number of alkyl halides is 5. The molecule has 1 unspecified atom stereocenters. The van der Waals surface area contributed by atoms with Crippen LogP contribution in [0.3, 0.4) is 0 Å². The summed E-state index contributed by atoms with van der Waals surface area (Å²) in [6.07, 6.45) is -7.74. The van der Waals surface area contributed by atoms with Crippen molar-refractivity contribution in [2.45, 2.75) is 25.4 Å². The lowest BCUT2D eigenvalue weighted by Crippen LogP contribution is -2.44. The normalized spacial score (nSPS) is 14.4. The summed E-state index contributed by atoms with van der Waals surface area (Å²) >= 11 is 0. The van der Waals surface area contributed by atoms with Crippen molar-refractivity contribution in [3.05, 3.63) is 0 Å². The van der Waals surface area contributed by atoms with E-state index in [0.717, 1.165) is 0 Å². The lowest BCUT2D eigenvalue weighted by Gasteiger charge is -2.17. The van der Waals surface area contributed by atoms with Crippen LogP contribution in [0.25, 0.3) is 0 Å². The average molecular weight is 206 g/mol. The molecular formula is C6H7F5O2. The first-order valence-corrected chi connectivity index (χ1v) is 3.31. The van der Waals surface area contributed by atoms with Gasteiger partial charge < -0.3 is 4.74 Å². The zero-order chi connectivity index (χ0) is 10.6. The third kappa shape index (κ3) is 2.82. The van der Waals surface area contributed by atoms with Crippen LogP contribution in [-0.4, -0.2) is 31.1 Å². The van der Waals surface area contributed by atoms with Crippen LogP contribution in [0, 0.1) is 0 Å². The fraction of sp³-hybridized carbons (Fsp3) is 0.833. The molecule has 0 aromatic carbocycles. The van der Waals surface area contributed by atoms with E-state index in [2.05, 4.69) is 4.74 Å². The highest BCUT2D eigenvalue weighted by molar-refractivity contribution is 5.78. The minimum absolute atomic E-state index is 0.426. The second kappa shape index (κ2) is 4.38. The van der Waals surface area contributed by atoms with Gasteiger partial charge in [0.15, 0.2) is 0 Å². The number of esters is 1. The smallest absolute Gasteiger partial charge is 0.380 e. The highest BCUT2D eigenvalue weighted by Crippen LogP contribution is 2.27. The van der Waals surface area contributed by atoms with Crippen molar-refractivity contribution in [2.75, 3.05) is 6.61 Å². The molecule has 0 fully saturated rings. The Morgan fingerprint density at radius 1 is 1.38 bits per heavy atom. The van der Waals surface area contributed by atoms with Gasteiger partial charge in [0.05, 0.1) is 6.61 Å². The first-order valence-electron chi connectivity index (χ1n) is 3.31. The highest BCUT2D eigenvalue weighted by atomic mass is 19.3. The summed E-state index contributed by atoms with van der Waals surface area (Å²) in [5.41, 5.74) is 0. The molecule has 0 bridgehead atoms. The molecule has 2 nitrogen and oxygen atoms in total. The predicted molar refractivity (Wildman–Crippen MR) is 32.5 cm³/mol. The van der Waals surface area contributed by atoms with Crippen LogP contribution in [0.1, 0.15) is 6.92 Å². The molecule has 0 rings (SSSR count). The fourth-order valence-electron chi connectivity index (χ4n) is 0.498. The number of halogens is 5. The van der Waals surface area contributed by atoms with Gasteiger partial charge in [-0.1, -0.05) is 0 Å². The van der Waals surface area contributed by atoms with Crippen molar-refractivity contribution in [3.63, 3.8) is 0 Å². The van der Waals surface area contributed by atoms with Gasteiger partial charge in [-0.2, -0.15) is 8.78 Å². The van der Waals surface area contributed by atoms with Gasteiger partial charge in [0.25, 0.3) is 6.43 Å². The van der Waals surface area contributed by atoms with Crippen LogP contribution >= 0.6 is 0 Å². The summed E-state index contributed by atoms with van der Waals surface area (Å²) in [6, 6.07) is 0. The van der Waals surface area contributed by atoms with Crippen LogP contribution in [-0.2, 0) is 9.53 Å². The van der Waals surface area contributed by atoms with Crippen molar-refractivity contribution in [1.29, 1.82) is 0 Å². The average Bonchev–Trinajstić information content (AvgIpc) is 2.03. The molecular weight excluding hydrogens is 199 g/mol. The molecule has 0 saturated carbocycles. The molecule has 0 aromatic rings. The van der Waals surface area contributed by atoms with E-state index < -0.39 is 31.1 Å². The third-order valence-corrected chi connectivity index (χ3v) is 1.12. The molecule has 0 heterocycles. The highest BCUT2D eigenvalue weighted by Gasteiger charge is 2.54. The minimum Gasteiger partial charge on any atom is -0.461 e. The first kappa shape index (κ1) is 12.1. The Kier molecular flexibility index (Phi) is 4.09. The van der Waals surface area contributed by atoms with Crippen LogP contribution in [0.2, 0.25) is 0 Å². The molecule has 0 aromatic heterocycles. The Labute approximate surface area is 70.7 Å². The van der Waals surface area contributed by atoms with E-state index in [4.69, 9.17) is 0 Å². The van der Waals surface area contributed by atoms with Crippen molar-refractivity contribution >= 4 is 5.97 Å². The molecule has 0 saturated heterocycles. The van der Waals surface area contributed by atoms with E-state index >= 15 is 0 Å². The molecule has 0 aliphatic carbocycles. The Morgan fingerprint density at radius 3 is 2.15 bits per heavy atom. The Bertz CT molecular complexity index is 182. The molecule has 0 amide bonds. The van der Waals surface area contributed by atoms with Gasteiger partial charge in [-0.25, -0.2) is 18.0 Å². The summed E-state index contributed by atoms with van der Waals surface area (Å²) < 4.78 is 63.4. The number of hydrogen-bond donors (Lipinski definition) is 0. The van der Waals surface area contributed by atoms with E-state index in [0.29, 0.717) is 0 Å². The Balaban J connectivity index is 4.45. The van der Waals surface area contributed by atoms with Crippen molar-refractivity contribution in [1.82, 2.24) is 0 Å². The van der Waals surface area contributed by atoms with Crippen LogP contribution < -0.4 is 0 Å². The van der Waals surface area contributed by atoms with Gasteiger partial charge in [0.1, 0.15) is 0 Å². The van der Waals surface area contributed by atoms with E-state index in [1.54, 1.807) is 0 Å². The Hall–Kier alpha value is -0.880. The maximum Gasteiger partial charge on any atom is 0.380 e. The van der Waals surface area contributed by atoms with E-state index in [1.165, 1.54) is 6.92 Å². The standard InChI is InChI=1S/C6H7F5O2/c1-2-13-5(12)6(10,11)3(7)4(8)9/h3-4H,2H2,1H3. The lowest BCUT2D eigenvalue weighted by atomic mass is 10.2. The van der Waals surface area contributed by atoms with Gasteiger partial charge in [0.2, 0.25) is 6.17 Å². The van der Waals surface area contributed by atoms with Crippen molar-refractivity contribution in [3.8, 4) is 0 Å². The predicted octanol–water partition coefficient (Wildman–Crippen LogP) is 1.79. The Morgan fingerprint density at radius 2 is 1.85 bits per heavy atom. The van der Waals surface area contributed by atoms with E-state index in [9.17, 15) is 26.7 Å². The number of carbonyl (C=O) groups excluding carboxylic acids is 1. The quantitative estimate of drug-likeness (QED) is 0.517. The van der Waals surface area contributed by atoms with Gasteiger partial charge in [0, 0.05) is 0 Å². The van der Waals surface area contributed by atoms with Gasteiger partial charge >= 0.3 is 11.9 Å². The summed E-state index contributed by atoms with van der Waals surface area (Å²) in [6.45, 7) is 0.772. The number of carbonyl (C=O) groups is 1. The molecule has 1 atom stereocenters. The molecule has 78 valence electrons. The number of ether oxygens (including phenoxy) is 1. The second-order valence-electron chi connectivity index (χ2n) is 2.08. The zero-order valence-electron chi connectivity index (χ0n) is 6.57. The van der Waals surface area contributed by atoms with Crippen LogP contribution in [0.5, 0.6) is 0 Å². The largest absolute Gasteiger partial charge is 0.461 e. The maximum absolute atomic E-state index is 12.3. The first-order chi connectivity index (χ1) is 5.84. The minimum atomic E-state index is -4.79. The molecule has 0 aliphatic rings. The fourth-order valence-corrected chi connectivity index (χ4v) is 0.498. The third-order valence-electron chi connectivity index (χ3n) is 1.12. The van der Waals surface area contributed by atoms with E-state index in [-0.39, 0.29) is 0 Å². The zero-order valence-corrected chi connectivity index (χ0v) is 6.57. The van der Waals surface area contributed by atoms with Crippen LogP contribution in [0.15, 0.2) is 0 Å². The molecule has 13 heavy (non-hydrogen) atoms. The molecule has 0 N–H and O–H groups in total. The van der Waals surface area contributed by atoms with Gasteiger partial charge in [-0.15, -0.1) is 0 Å². The summed E-state index contributed by atoms with van der Waals surface area (Å²) in [5, 5.41) is 0. The molecule has 0 aliphatic heterocycles. The van der Waals surface area contributed by atoms with Gasteiger partial charge in [-0.05, 0) is 6.92 Å². The second-order valence-corrected chi connectivity index (χ2v) is 2.08. The van der Waals surface area contributed by atoms with Crippen molar-refractivity contribution < 1.29 is 31.5 Å². The summed E-state index contributed by atoms with van der Waals surface area (Å²) in [5.74, 6) is -7.06. The van der Waals surface area contributed by atoms with Crippen molar-refractivity contribution in [2.24, 2.45) is 0 Å². The monoisotopic (exact) mass is 206 g/mol. The lowest BCUT2D eigenvalue weighted by molar-refractivity contribution is -0.191. The summed E-state index contributed by atoms with van der Waals surface area (Å²) in [4.78, 5) is 10.3. The van der Waals surface area contributed by atoms with E-state index in [1.807, 2.05) is 0 Å². The molecule has 0 radical (unpaired) electrons. The number of hydrogen-bond acceptors (Lipinski definition) is 2. The maximum atomic E-state index is 12.3.